The number of nitrogens with one attached hydrogen (secondary N) is 1. The fourth-order valence-electron chi connectivity index (χ4n) is 2.32. The first-order valence-corrected chi connectivity index (χ1v) is 9.10. The molecule has 0 fully saturated rings. The van der Waals surface area contributed by atoms with E-state index in [1.165, 1.54) is 13.3 Å². The Balaban J connectivity index is 1.95. The Kier molecular flexibility index (Phi) is 8.50. The minimum atomic E-state index is -0.461. The molecule has 2 aromatic rings. The van der Waals surface area contributed by atoms with Crippen LogP contribution in [-0.4, -0.2) is 45.0 Å². The van der Waals surface area contributed by atoms with E-state index in [0.717, 1.165) is 0 Å². The Morgan fingerprint density at radius 2 is 1.76 bits per heavy atom. The molecule has 0 aliphatic rings. The fourth-order valence-corrected chi connectivity index (χ4v) is 2.32. The average molecular weight is 400 g/mol. The van der Waals surface area contributed by atoms with E-state index in [0.29, 0.717) is 35.0 Å². The lowest BCUT2D eigenvalue weighted by atomic mass is 10.2. The molecule has 0 unspecified atom stereocenters. The smallest absolute Gasteiger partial charge is 0.344 e. The lowest BCUT2D eigenvalue weighted by Crippen LogP contribution is -2.17. The van der Waals surface area contributed by atoms with Crippen LogP contribution in [0.4, 0.5) is 0 Å². The number of benzene rings is 2. The standard InChI is InChI=1S/C21H24N2O6/c1-4-27-17-9-7-16(8-10-17)21(25)23-22-13-15-6-11-18(19(12-15)26-3)29-14-20(24)28-5-2/h6-13H,4-5,14H2,1-3H3,(H,23,25)/b22-13-. The third-order valence-electron chi connectivity index (χ3n) is 3.65. The van der Waals surface area contributed by atoms with Crippen molar-refractivity contribution in [1.29, 1.82) is 0 Å². The van der Waals surface area contributed by atoms with Crippen LogP contribution in [-0.2, 0) is 9.53 Å². The largest absolute Gasteiger partial charge is 0.494 e. The lowest BCUT2D eigenvalue weighted by Gasteiger charge is -2.10. The van der Waals surface area contributed by atoms with E-state index in [2.05, 4.69) is 10.5 Å². The van der Waals surface area contributed by atoms with Gasteiger partial charge in [0.25, 0.3) is 5.91 Å². The van der Waals surface area contributed by atoms with E-state index in [1.807, 2.05) is 6.92 Å². The van der Waals surface area contributed by atoms with E-state index in [4.69, 9.17) is 18.9 Å². The second kappa shape index (κ2) is 11.3. The maximum Gasteiger partial charge on any atom is 0.344 e. The van der Waals surface area contributed by atoms with Gasteiger partial charge >= 0.3 is 5.97 Å². The van der Waals surface area contributed by atoms with Gasteiger partial charge in [-0.1, -0.05) is 0 Å². The highest BCUT2D eigenvalue weighted by Crippen LogP contribution is 2.27. The van der Waals surface area contributed by atoms with Crippen molar-refractivity contribution in [2.45, 2.75) is 13.8 Å². The van der Waals surface area contributed by atoms with Crippen molar-refractivity contribution in [3.63, 3.8) is 0 Å². The quantitative estimate of drug-likeness (QED) is 0.374. The van der Waals surface area contributed by atoms with Crippen LogP contribution in [0.25, 0.3) is 0 Å². The Hall–Kier alpha value is -3.55. The van der Waals surface area contributed by atoms with Crippen molar-refractivity contribution in [3.8, 4) is 17.2 Å². The molecule has 0 aliphatic heterocycles. The van der Waals surface area contributed by atoms with Crippen molar-refractivity contribution in [3.05, 3.63) is 53.6 Å². The highest BCUT2D eigenvalue weighted by Gasteiger charge is 2.09. The van der Waals surface area contributed by atoms with E-state index in [9.17, 15) is 9.59 Å². The Morgan fingerprint density at radius 3 is 2.41 bits per heavy atom. The predicted molar refractivity (Wildman–Crippen MR) is 108 cm³/mol. The summed E-state index contributed by atoms with van der Waals surface area (Å²) in [7, 11) is 1.49. The van der Waals surface area contributed by atoms with Crippen LogP contribution in [0.1, 0.15) is 29.8 Å². The number of rotatable bonds is 10. The van der Waals surface area contributed by atoms with Gasteiger partial charge in [0, 0.05) is 5.56 Å². The molecule has 0 atom stereocenters. The van der Waals surface area contributed by atoms with Gasteiger partial charge in [0.05, 0.1) is 26.5 Å². The normalized spacial score (nSPS) is 10.4. The second-order valence-electron chi connectivity index (χ2n) is 5.66. The third-order valence-corrected chi connectivity index (χ3v) is 3.65. The maximum absolute atomic E-state index is 12.1. The number of ether oxygens (including phenoxy) is 4. The molecule has 0 bridgehead atoms. The van der Waals surface area contributed by atoms with E-state index < -0.39 is 5.97 Å². The monoisotopic (exact) mass is 400 g/mol. The minimum Gasteiger partial charge on any atom is -0.494 e. The molecule has 0 spiro atoms. The van der Waals surface area contributed by atoms with Gasteiger partial charge in [-0.15, -0.1) is 0 Å². The van der Waals surface area contributed by atoms with Crippen LogP contribution in [0.15, 0.2) is 47.6 Å². The summed E-state index contributed by atoms with van der Waals surface area (Å²) in [6.45, 7) is 4.25. The van der Waals surface area contributed by atoms with Gasteiger partial charge in [0.15, 0.2) is 18.1 Å². The molecule has 0 radical (unpaired) electrons. The van der Waals surface area contributed by atoms with E-state index in [1.54, 1.807) is 49.4 Å². The van der Waals surface area contributed by atoms with Crippen LogP contribution >= 0.6 is 0 Å². The zero-order valence-electron chi connectivity index (χ0n) is 16.6. The molecule has 0 saturated carbocycles. The number of methoxy groups -OCH3 is 1. The van der Waals surface area contributed by atoms with Gasteiger partial charge < -0.3 is 18.9 Å². The van der Waals surface area contributed by atoms with Crippen molar-refractivity contribution >= 4 is 18.1 Å². The summed E-state index contributed by atoms with van der Waals surface area (Å²) >= 11 is 0. The fraction of sp³-hybridized carbons (Fsp3) is 0.286. The highest BCUT2D eigenvalue weighted by molar-refractivity contribution is 5.95. The first-order chi connectivity index (χ1) is 14.1. The number of hydrogen-bond donors (Lipinski definition) is 1. The molecule has 2 aromatic carbocycles. The molecule has 8 nitrogen and oxygen atoms in total. The Labute approximate surface area is 169 Å². The van der Waals surface area contributed by atoms with E-state index in [-0.39, 0.29) is 19.1 Å². The molecule has 29 heavy (non-hydrogen) atoms. The summed E-state index contributed by atoms with van der Waals surface area (Å²) in [4.78, 5) is 23.5. The molecule has 0 aliphatic carbocycles. The van der Waals surface area contributed by atoms with Gasteiger partial charge in [-0.05, 0) is 61.9 Å². The van der Waals surface area contributed by atoms with Crippen LogP contribution in [0.5, 0.6) is 17.2 Å². The van der Waals surface area contributed by atoms with Gasteiger partial charge in [-0.25, -0.2) is 10.2 Å². The van der Waals surface area contributed by atoms with Gasteiger partial charge in [-0.3, -0.25) is 4.79 Å². The summed E-state index contributed by atoms with van der Waals surface area (Å²) in [6, 6.07) is 11.8. The van der Waals surface area contributed by atoms with Crippen molar-refractivity contribution in [2.24, 2.45) is 5.10 Å². The lowest BCUT2D eigenvalue weighted by molar-refractivity contribution is -0.145. The van der Waals surface area contributed by atoms with E-state index >= 15 is 0 Å². The molecule has 8 heteroatoms. The van der Waals surface area contributed by atoms with Crippen LogP contribution in [0.2, 0.25) is 0 Å². The van der Waals surface area contributed by atoms with Crippen molar-refractivity contribution < 1.29 is 28.5 Å². The summed E-state index contributed by atoms with van der Waals surface area (Å²) in [5, 5.41) is 3.95. The second-order valence-corrected chi connectivity index (χ2v) is 5.66. The Morgan fingerprint density at radius 1 is 1.00 bits per heavy atom. The molecule has 2 rings (SSSR count). The number of esters is 1. The summed E-state index contributed by atoms with van der Waals surface area (Å²) in [5.74, 6) is 0.722. The predicted octanol–water partition coefficient (Wildman–Crippen LogP) is 2.80. The molecular formula is C21H24N2O6. The number of carbonyl (C=O) groups excluding carboxylic acids is 2. The number of hydrazone groups is 1. The molecular weight excluding hydrogens is 376 g/mol. The molecule has 0 aromatic heterocycles. The number of nitrogens with zero attached hydrogens (tertiary/aromatic N) is 1. The molecule has 154 valence electrons. The van der Waals surface area contributed by atoms with Crippen LogP contribution < -0.4 is 19.6 Å². The number of carbonyl (C=O) groups is 2. The Bertz CT molecular complexity index is 849. The number of hydrogen-bond acceptors (Lipinski definition) is 7. The first kappa shape index (κ1) is 21.7. The number of amides is 1. The molecule has 0 heterocycles. The maximum atomic E-state index is 12.1. The van der Waals surface area contributed by atoms with Crippen molar-refractivity contribution in [1.82, 2.24) is 5.43 Å². The summed E-state index contributed by atoms with van der Waals surface area (Å²) in [5.41, 5.74) is 3.60. The van der Waals surface area contributed by atoms with Crippen LogP contribution in [0, 0.1) is 0 Å². The average Bonchev–Trinajstić information content (AvgIpc) is 2.73. The van der Waals surface area contributed by atoms with Gasteiger partial charge in [0.2, 0.25) is 0 Å². The third kappa shape index (κ3) is 6.84. The topological polar surface area (TPSA) is 95.5 Å². The molecule has 1 N–H and O–H groups in total. The molecule has 0 saturated heterocycles. The SMILES string of the molecule is CCOC(=O)COc1ccc(/C=N\NC(=O)c2ccc(OCC)cc2)cc1OC. The van der Waals surface area contributed by atoms with Gasteiger partial charge in [-0.2, -0.15) is 5.10 Å². The zero-order valence-corrected chi connectivity index (χ0v) is 16.6. The van der Waals surface area contributed by atoms with Gasteiger partial charge in [0.1, 0.15) is 5.75 Å². The first-order valence-electron chi connectivity index (χ1n) is 9.10. The van der Waals surface area contributed by atoms with Crippen LogP contribution in [0.3, 0.4) is 0 Å². The highest BCUT2D eigenvalue weighted by atomic mass is 16.6. The summed E-state index contributed by atoms with van der Waals surface area (Å²) in [6.07, 6.45) is 1.48. The summed E-state index contributed by atoms with van der Waals surface area (Å²) < 4.78 is 20.8. The zero-order chi connectivity index (χ0) is 21.1. The minimum absolute atomic E-state index is 0.213. The van der Waals surface area contributed by atoms with Crippen molar-refractivity contribution in [2.75, 3.05) is 26.9 Å². The molecule has 1 amide bonds.